The lowest BCUT2D eigenvalue weighted by atomic mass is 10.1. The Morgan fingerprint density at radius 2 is 1.91 bits per heavy atom. The van der Waals surface area contributed by atoms with Crippen LogP contribution in [0, 0.1) is 0 Å². The zero-order valence-electron chi connectivity index (χ0n) is 11.5. The predicted octanol–water partition coefficient (Wildman–Crippen LogP) is 3.98. The summed E-state index contributed by atoms with van der Waals surface area (Å²) in [5.41, 5.74) is 0.724. The number of carbonyl (C=O) groups is 1. The SMILES string of the molecule is COc1ccc(Cl)cc1C(=O)Nc1cc2c(cc1Cl)OCO2. The third-order valence-electron chi connectivity index (χ3n) is 3.12. The molecule has 5 nitrogen and oxygen atoms in total. The van der Waals surface area contributed by atoms with E-state index >= 15 is 0 Å². The Morgan fingerprint density at radius 1 is 1.18 bits per heavy atom. The lowest BCUT2D eigenvalue weighted by Gasteiger charge is -2.11. The number of methoxy groups -OCH3 is 1. The standard InChI is InChI=1S/C15H11Cl2NO4/c1-20-12-3-2-8(16)4-9(12)15(19)18-11-6-14-13(5-10(11)17)21-7-22-14/h2-6H,7H2,1H3,(H,18,19). The Labute approximate surface area is 136 Å². The molecule has 0 radical (unpaired) electrons. The number of fused-ring (bicyclic) bond motifs is 1. The molecule has 1 N–H and O–H groups in total. The van der Waals surface area contributed by atoms with Crippen molar-refractivity contribution in [3.05, 3.63) is 45.9 Å². The molecule has 0 saturated heterocycles. The molecule has 1 aliphatic rings. The number of ether oxygens (including phenoxy) is 3. The molecule has 0 unspecified atom stereocenters. The maximum absolute atomic E-state index is 12.4. The molecule has 1 aliphatic heterocycles. The maximum Gasteiger partial charge on any atom is 0.259 e. The van der Waals surface area contributed by atoms with E-state index in [0.29, 0.717) is 38.5 Å². The Bertz CT molecular complexity index is 749. The molecule has 0 aromatic heterocycles. The minimum Gasteiger partial charge on any atom is -0.496 e. The van der Waals surface area contributed by atoms with Gasteiger partial charge in [-0.05, 0) is 18.2 Å². The molecule has 7 heteroatoms. The van der Waals surface area contributed by atoms with E-state index in [9.17, 15) is 4.79 Å². The Hall–Kier alpha value is -2.11. The fraction of sp³-hybridized carbons (Fsp3) is 0.133. The zero-order chi connectivity index (χ0) is 15.7. The van der Waals surface area contributed by atoms with Crippen molar-refractivity contribution >= 4 is 34.8 Å². The van der Waals surface area contributed by atoms with Crippen LogP contribution in [-0.2, 0) is 0 Å². The molecule has 22 heavy (non-hydrogen) atoms. The van der Waals surface area contributed by atoms with Crippen molar-refractivity contribution in [1.82, 2.24) is 0 Å². The molecule has 2 aromatic rings. The number of rotatable bonds is 3. The van der Waals surface area contributed by atoms with Crippen LogP contribution in [0.3, 0.4) is 0 Å². The first-order valence-electron chi connectivity index (χ1n) is 6.32. The van der Waals surface area contributed by atoms with Gasteiger partial charge in [0.25, 0.3) is 5.91 Å². The van der Waals surface area contributed by atoms with Gasteiger partial charge >= 0.3 is 0 Å². The average Bonchev–Trinajstić information content (AvgIpc) is 2.94. The van der Waals surface area contributed by atoms with Gasteiger partial charge in [0.2, 0.25) is 6.79 Å². The average molecular weight is 340 g/mol. The predicted molar refractivity (Wildman–Crippen MR) is 83.5 cm³/mol. The van der Waals surface area contributed by atoms with Crippen molar-refractivity contribution in [1.29, 1.82) is 0 Å². The first-order chi connectivity index (χ1) is 10.6. The van der Waals surface area contributed by atoms with Crippen molar-refractivity contribution in [2.45, 2.75) is 0 Å². The highest BCUT2D eigenvalue weighted by Gasteiger charge is 2.19. The molecule has 3 rings (SSSR count). The molecule has 1 amide bonds. The lowest BCUT2D eigenvalue weighted by Crippen LogP contribution is -2.13. The highest BCUT2D eigenvalue weighted by Crippen LogP contribution is 2.39. The molecule has 0 saturated carbocycles. The van der Waals surface area contributed by atoms with Gasteiger partial charge in [-0.1, -0.05) is 23.2 Å². The van der Waals surface area contributed by atoms with E-state index in [1.54, 1.807) is 24.3 Å². The van der Waals surface area contributed by atoms with Crippen LogP contribution in [0.2, 0.25) is 10.0 Å². The topological polar surface area (TPSA) is 56.8 Å². The first kappa shape index (κ1) is 14.8. The minimum absolute atomic E-state index is 0.130. The van der Waals surface area contributed by atoms with Crippen molar-refractivity contribution in [2.75, 3.05) is 19.2 Å². The third kappa shape index (κ3) is 2.77. The Morgan fingerprint density at radius 3 is 2.64 bits per heavy atom. The van der Waals surface area contributed by atoms with Crippen LogP contribution in [0.25, 0.3) is 0 Å². The number of halogens is 2. The zero-order valence-corrected chi connectivity index (χ0v) is 13.0. The van der Waals surface area contributed by atoms with Gasteiger partial charge < -0.3 is 19.5 Å². The van der Waals surface area contributed by atoms with Gasteiger partial charge in [-0.25, -0.2) is 0 Å². The van der Waals surface area contributed by atoms with E-state index < -0.39 is 0 Å². The normalized spacial score (nSPS) is 12.1. The Balaban J connectivity index is 1.90. The van der Waals surface area contributed by atoms with Crippen LogP contribution in [-0.4, -0.2) is 19.8 Å². The van der Waals surface area contributed by atoms with E-state index in [-0.39, 0.29) is 12.7 Å². The maximum atomic E-state index is 12.4. The van der Waals surface area contributed by atoms with E-state index in [1.165, 1.54) is 13.2 Å². The smallest absolute Gasteiger partial charge is 0.259 e. The number of hydrogen-bond donors (Lipinski definition) is 1. The molecule has 0 fully saturated rings. The second-order valence-corrected chi connectivity index (χ2v) is 5.33. The van der Waals surface area contributed by atoms with Gasteiger partial charge in [-0.15, -0.1) is 0 Å². The van der Waals surface area contributed by atoms with Gasteiger partial charge in [0.15, 0.2) is 11.5 Å². The highest BCUT2D eigenvalue weighted by atomic mass is 35.5. The van der Waals surface area contributed by atoms with Gasteiger partial charge in [-0.3, -0.25) is 4.79 Å². The summed E-state index contributed by atoms with van der Waals surface area (Å²) in [5, 5.41) is 3.49. The van der Waals surface area contributed by atoms with Crippen LogP contribution in [0.1, 0.15) is 10.4 Å². The molecule has 2 aromatic carbocycles. The quantitative estimate of drug-likeness (QED) is 0.918. The lowest BCUT2D eigenvalue weighted by molar-refractivity contribution is 0.102. The van der Waals surface area contributed by atoms with Crippen molar-refractivity contribution in [2.24, 2.45) is 0 Å². The molecular weight excluding hydrogens is 329 g/mol. The largest absolute Gasteiger partial charge is 0.496 e. The van der Waals surface area contributed by atoms with Crippen LogP contribution < -0.4 is 19.5 Å². The third-order valence-corrected chi connectivity index (χ3v) is 3.66. The number of amides is 1. The fourth-order valence-corrected chi connectivity index (χ4v) is 2.43. The van der Waals surface area contributed by atoms with E-state index in [4.69, 9.17) is 37.4 Å². The molecule has 114 valence electrons. The molecule has 1 heterocycles. The number of hydrogen-bond acceptors (Lipinski definition) is 4. The monoisotopic (exact) mass is 339 g/mol. The number of nitrogens with one attached hydrogen (secondary N) is 1. The summed E-state index contributed by atoms with van der Waals surface area (Å²) < 4.78 is 15.7. The van der Waals surface area contributed by atoms with Gasteiger partial charge in [0.05, 0.1) is 23.4 Å². The highest BCUT2D eigenvalue weighted by molar-refractivity contribution is 6.34. The number of benzene rings is 2. The summed E-state index contributed by atoms with van der Waals surface area (Å²) >= 11 is 12.1. The molecular formula is C15H11Cl2NO4. The van der Waals surface area contributed by atoms with E-state index in [2.05, 4.69) is 5.32 Å². The summed E-state index contributed by atoms with van der Waals surface area (Å²) in [5.74, 6) is 1.10. The van der Waals surface area contributed by atoms with Crippen LogP contribution in [0.15, 0.2) is 30.3 Å². The molecule has 0 atom stereocenters. The van der Waals surface area contributed by atoms with Crippen molar-refractivity contribution in [3.8, 4) is 17.2 Å². The summed E-state index contributed by atoms with van der Waals surface area (Å²) in [4.78, 5) is 12.4. The van der Waals surface area contributed by atoms with Gasteiger partial charge in [0, 0.05) is 17.2 Å². The summed E-state index contributed by atoms with van der Waals surface area (Å²) in [6, 6.07) is 7.99. The molecule has 0 aliphatic carbocycles. The van der Waals surface area contributed by atoms with Crippen LogP contribution >= 0.6 is 23.2 Å². The fourth-order valence-electron chi connectivity index (χ4n) is 2.06. The summed E-state index contributed by atoms with van der Waals surface area (Å²) in [7, 11) is 1.48. The second kappa shape index (κ2) is 5.94. The number of anilines is 1. The van der Waals surface area contributed by atoms with E-state index in [1.807, 2.05) is 0 Å². The van der Waals surface area contributed by atoms with Crippen molar-refractivity contribution in [3.63, 3.8) is 0 Å². The van der Waals surface area contributed by atoms with E-state index in [0.717, 1.165) is 0 Å². The summed E-state index contributed by atoms with van der Waals surface area (Å²) in [6.07, 6.45) is 0. The van der Waals surface area contributed by atoms with Crippen LogP contribution in [0.5, 0.6) is 17.2 Å². The second-order valence-electron chi connectivity index (χ2n) is 4.48. The first-order valence-corrected chi connectivity index (χ1v) is 7.08. The van der Waals surface area contributed by atoms with Gasteiger partial charge in [0.1, 0.15) is 5.75 Å². The van der Waals surface area contributed by atoms with Crippen LogP contribution in [0.4, 0.5) is 5.69 Å². The Kier molecular flexibility index (Phi) is 4.00. The van der Waals surface area contributed by atoms with Crippen molar-refractivity contribution < 1.29 is 19.0 Å². The van der Waals surface area contributed by atoms with Gasteiger partial charge in [-0.2, -0.15) is 0 Å². The molecule has 0 bridgehead atoms. The number of carbonyl (C=O) groups excluding carboxylic acids is 1. The molecule has 0 spiro atoms. The summed E-state index contributed by atoms with van der Waals surface area (Å²) in [6.45, 7) is 0.130. The minimum atomic E-state index is -0.389.